The molecule has 0 aliphatic carbocycles. The Morgan fingerprint density at radius 2 is 1.55 bits per heavy atom. The smallest absolute Gasteiger partial charge is 0.281 e. The Balaban J connectivity index is 1.58. The number of anilines is 1. The fraction of sp³-hybridized carbons (Fsp3) is 0.154. The van der Waals surface area contributed by atoms with E-state index < -0.39 is 47.3 Å². The molecule has 1 saturated heterocycles. The van der Waals surface area contributed by atoms with E-state index in [0.717, 1.165) is 0 Å². The van der Waals surface area contributed by atoms with Gasteiger partial charge in [-0.1, -0.05) is 6.07 Å². The molecular formula is C26H19F5N2O4S. The van der Waals surface area contributed by atoms with Crippen molar-refractivity contribution in [2.24, 2.45) is 0 Å². The minimum absolute atomic E-state index is 0.140. The second-order valence-electron chi connectivity index (χ2n) is 7.81. The molecule has 0 saturated carbocycles. The standard InChI is InChI=1S/C26H19F5N2O4S/c1-3-36-16-7-5-15(6-8-16)33-25(34)17(32-26(33)38)11-13-4-9-18(35-2)14(10-13)12-37-24-22(30)20(28)19(27)21(29)23(24)31/h4-11H,3,12H2,1-2H3,(H,32,38)/b17-11+. The molecule has 12 heteroatoms. The van der Waals surface area contributed by atoms with Gasteiger partial charge in [-0.3, -0.25) is 9.69 Å². The highest BCUT2D eigenvalue weighted by Crippen LogP contribution is 2.31. The Kier molecular flexibility index (Phi) is 7.81. The van der Waals surface area contributed by atoms with Crippen LogP contribution in [0.2, 0.25) is 0 Å². The van der Waals surface area contributed by atoms with Crippen LogP contribution < -0.4 is 24.4 Å². The molecule has 0 unspecified atom stereocenters. The van der Waals surface area contributed by atoms with Gasteiger partial charge in [0, 0.05) is 5.56 Å². The maximum atomic E-state index is 14.0. The number of hydrogen-bond acceptors (Lipinski definition) is 5. The number of carbonyl (C=O) groups is 1. The van der Waals surface area contributed by atoms with Gasteiger partial charge in [-0.25, -0.2) is 13.2 Å². The summed E-state index contributed by atoms with van der Waals surface area (Å²) >= 11 is 5.32. The van der Waals surface area contributed by atoms with Crippen molar-refractivity contribution in [3.8, 4) is 17.2 Å². The molecule has 0 aromatic heterocycles. The van der Waals surface area contributed by atoms with E-state index >= 15 is 0 Å². The van der Waals surface area contributed by atoms with E-state index in [-0.39, 0.29) is 22.1 Å². The van der Waals surface area contributed by atoms with Crippen molar-refractivity contribution < 1.29 is 41.0 Å². The molecule has 0 bridgehead atoms. The first-order valence-electron chi connectivity index (χ1n) is 11.1. The van der Waals surface area contributed by atoms with Crippen LogP contribution in [0.15, 0.2) is 48.2 Å². The number of nitrogens with one attached hydrogen (secondary N) is 1. The molecule has 1 heterocycles. The van der Waals surface area contributed by atoms with E-state index in [1.807, 2.05) is 6.92 Å². The van der Waals surface area contributed by atoms with Gasteiger partial charge < -0.3 is 19.5 Å². The lowest BCUT2D eigenvalue weighted by molar-refractivity contribution is -0.113. The van der Waals surface area contributed by atoms with E-state index in [1.54, 1.807) is 30.3 Å². The number of nitrogens with zero attached hydrogens (tertiary/aromatic N) is 1. The number of methoxy groups -OCH3 is 1. The molecule has 1 N–H and O–H groups in total. The molecule has 4 rings (SSSR count). The number of rotatable bonds is 8. The summed E-state index contributed by atoms with van der Waals surface area (Å²) in [6.07, 6.45) is 1.48. The van der Waals surface area contributed by atoms with E-state index in [4.69, 9.17) is 26.4 Å². The second-order valence-corrected chi connectivity index (χ2v) is 8.20. The fourth-order valence-corrected chi connectivity index (χ4v) is 3.96. The first kappa shape index (κ1) is 26.9. The monoisotopic (exact) mass is 550 g/mol. The summed E-state index contributed by atoms with van der Waals surface area (Å²) < 4.78 is 83.9. The van der Waals surface area contributed by atoms with E-state index in [0.29, 0.717) is 23.6 Å². The normalized spacial score (nSPS) is 14.2. The third-order valence-corrected chi connectivity index (χ3v) is 5.73. The van der Waals surface area contributed by atoms with Gasteiger partial charge in [0.25, 0.3) is 5.91 Å². The molecule has 6 nitrogen and oxygen atoms in total. The van der Waals surface area contributed by atoms with Crippen LogP contribution in [0, 0.1) is 29.1 Å². The third-order valence-electron chi connectivity index (χ3n) is 5.44. The topological polar surface area (TPSA) is 60.0 Å². The number of thiocarbonyl (C=S) groups is 1. The predicted molar refractivity (Wildman–Crippen MR) is 132 cm³/mol. The second kappa shape index (κ2) is 11.1. The molecule has 0 spiro atoms. The van der Waals surface area contributed by atoms with E-state index in [1.165, 1.54) is 30.2 Å². The number of amides is 1. The molecule has 1 amide bonds. The van der Waals surface area contributed by atoms with E-state index in [2.05, 4.69) is 5.32 Å². The minimum Gasteiger partial charge on any atom is -0.496 e. The SMILES string of the molecule is CCOc1ccc(N2C(=O)/C(=C\c3ccc(OC)c(COc4c(F)c(F)c(F)c(F)c4F)c3)NC2=S)cc1. The van der Waals surface area contributed by atoms with Crippen molar-refractivity contribution in [2.45, 2.75) is 13.5 Å². The predicted octanol–water partition coefficient (Wildman–Crippen LogP) is 5.63. The summed E-state index contributed by atoms with van der Waals surface area (Å²) in [6, 6.07) is 11.3. The lowest BCUT2D eigenvalue weighted by Crippen LogP contribution is -2.30. The first-order chi connectivity index (χ1) is 18.2. The van der Waals surface area contributed by atoms with Gasteiger partial charge in [-0.2, -0.15) is 8.78 Å². The van der Waals surface area contributed by atoms with Crippen LogP contribution in [0.5, 0.6) is 17.2 Å². The summed E-state index contributed by atoms with van der Waals surface area (Å²) in [5.74, 6) is -11.7. The van der Waals surface area contributed by atoms with Gasteiger partial charge in [-0.05, 0) is 67.2 Å². The Labute approximate surface area is 219 Å². The van der Waals surface area contributed by atoms with Gasteiger partial charge in [-0.15, -0.1) is 0 Å². The summed E-state index contributed by atoms with van der Waals surface area (Å²) in [5.41, 5.74) is 1.31. The molecule has 1 aliphatic heterocycles. The number of benzene rings is 3. The Morgan fingerprint density at radius 3 is 2.16 bits per heavy atom. The Hall–Kier alpha value is -4.19. The Bertz CT molecular complexity index is 1420. The average Bonchev–Trinajstić information content (AvgIpc) is 3.19. The van der Waals surface area contributed by atoms with Crippen molar-refractivity contribution in [3.05, 3.63) is 88.4 Å². The molecule has 38 heavy (non-hydrogen) atoms. The zero-order valence-corrected chi connectivity index (χ0v) is 20.7. The summed E-state index contributed by atoms with van der Waals surface area (Å²) in [5, 5.41) is 2.98. The fourth-order valence-electron chi connectivity index (χ4n) is 3.66. The van der Waals surface area contributed by atoms with Crippen LogP contribution in [-0.4, -0.2) is 24.7 Å². The van der Waals surface area contributed by atoms with Crippen molar-refractivity contribution in [2.75, 3.05) is 18.6 Å². The average molecular weight is 551 g/mol. The highest BCUT2D eigenvalue weighted by Gasteiger charge is 2.32. The van der Waals surface area contributed by atoms with Crippen LogP contribution in [-0.2, 0) is 11.4 Å². The Morgan fingerprint density at radius 1 is 0.921 bits per heavy atom. The van der Waals surface area contributed by atoms with E-state index in [9.17, 15) is 26.7 Å². The maximum absolute atomic E-state index is 14.0. The van der Waals surface area contributed by atoms with Crippen LogP contribution in [0.25, 0.3) is 6.08 Å². The van der Waals surface area contributed by atoms with Crippen LogP contribution in [0.3, 0.4) is 0 Å². The van der Waals surface area contributed by atoms with Crippen molar-refractivity contribution in [3.63, 3.8) is 0 Å². The molecule has 3 aromatic carbocycles. The summed E-state index contributed by atoms with van der Waals surface area (Å²) in [6.45, 7) is 1.74. The van der Waals surface area contributed by atoms with Gasteiger partial charge in [0.15, 0.2) is 10.9 Å². The third kappa shape index (κ3) is 5.12. The molecule has 0 atom stereocenters. The molecule has 1 fully saturated rings. The number of ether oxygens (including phenoxy) is 3. The van der Waals surface area contributed by atoms with Gasteiger partial charge in [0.2, 0.25) is 29.1 Å². The van der Waals surface area contributed by atoms with Crippen molar-refractivity contribution >= 4 is 35.0 Å². The zero-order valence-electron chi connectivity index (χ0n) is 19.9. The van der Waals surface area contributed by atoms with Gasteiger partial charge in [0.1, 0.15) is 23.8 Å². The minimum atomic E-state index is -2.29. The van der Waals surface area contributed by atoms with Crippen LogP contribution in [0.4, 0.5) is 27.6 Å². The number of halogens is 5. The number of hydrogen-bond donors (Lipinski definition) is 1. The highest BCUT2D eigenvalue weighted by molar-refractivity contribution is 7.80. The van der Waals surface area contributed by atoms with Crippen LogP contribution in [0.1, 0.15) is 18.1 Å². The highest BCUT2D eigenvalue weighted by atomic mass is 32.1. The largest absolute Gasteiger partial charge is 0.496 e. The van der Waals surface area contributed by atoms with Crippen molar-refractivity contribution in [1.82, 2.24) is 5.32 Å². The maximum Gasteiger partial charge on any atom is 0.281 e. The quantitative estimate of drug-likeness (QED) is 0.129. The molecule has 198 valence electrons. The van der Waals surface area contributed by atoms with Crippen molar-refractivity contribution in [1.29, 1.82) is 0 Å². The molecule has 1 aliphatic rings. The zero-order chi connectivity index (χ0) is 27.6. The summed E-state index contributed by atoms with van der Waals surface area (Å²) in [4.78, 5) is 14.4. The molecule has 3 aromatic rings. The first-order valence-corrected chi connectivity index (χ1v) is 11.5. The lowest BCUT2D eigenvalue weighted by Gasteiger charge is -2.14. The molecule has 0 radical (unpaired) electrons. The van der Waals surface area contributed by atoms with Gasteiger partial charge in [0.05, 0.1) is 19.4 Å². The lowest BCUT2D eigenvalue weighted by atomic mass is 10.1. The molecular weight excluding hydrogens is 531 g/mol. The summed E-state index contributed by atoms with van der Waals surface area (Å²) in [7, 11) is 1.32. The number of carbonyl (C=O) groups excluding carboxylic acids is 1. The van der Waals surface area contributed by atoms with Crippen LogP contribution >= 0.6 is 12.2 Å². The van der Waals surface area contributed by atoms with Gasteiger partial charge >= 0.3 is 0 Å².